The Balaban J connectivity index is 0.00000280. The van der Waals surface area contributed by atoms with Crippen molar-refractivity contribution >= 4 is 28.3 Å². The van der Waals surface area contributed by atoms with E-state index in [1.807, 2.05) is 18.2 Å². The summed E-state index contributed by atoms with van der Waals surface area (Å²) in [7, 11) is 0. The Bertz CT molecular complexity index is 890. The fraction of sp³-hybridized carbons (Fsp3) is 0.182. The summed E-state index contributed by atoms with van der Waals surface area (Å²) < 4.78 is 33.5. The minimum absolute atomic E-state index is 0. The molecule has 0 atom stereocenters. The van der Waals surface area contributed by atoms with E-state index in [0.29, 0.717) is 12.1 Å². The van der Waals surface area contributed by atoms with E-state index in [4.69, 9.17) is 4.74 Å². The van der Waals surface area contributed by atoms with Gasteiger partial charge in [0.1, 0.15) is 24.0 Å². The molecular weight excluding hydrogens is 448 g/mol. The van der Waals surface area contributed by atoms with Crippen LogP contribution < -0.4 is 10.1 Å². The number of hydrogen-bond acceptors (Lipinski definition) is 2. The topological polar surface area (TPSA) is 21.3 Å². The van der Waals surface area contributed by atoms with Crippen LogP contribution in [-0.4, -0.2) is 6.54 Å². The molecule has 6 heteroatoms. The van der Waals surface area contributed by atoms with Crippen LogP contribution in [0.4, 0.5) is 8.78 Å². The predicted molar refractivity (Wildman–Crippen MR) is 114 cm³/mol. The van der Waals surface area contributed by atoms with Crippen LogP contribution in [0, 0.1) is 11.6 Å². The molecule has 0 unspecified atom stereocenters. The summed E-state index contributed by atoms with van der Waals surface area (Å²) in [5.41, 5.74) is 2.59. The van der Waals surface area contributed by atoms with Crippen molar-refractivity contribution in [2.24, 2.45) is 0 Å². The maximum atomic E-state index is 13.8. The summed E-state index contributed by atoms with van der Waals surface area (Å²) in [4.78, 5) is 0. The van der Waals surface area contributed by atoms with Crippen LogP contribution in [0.15, 0.2) is 71.2 Å². The lowest BCUT2D eigenvalue weighted by atomic mass is 10.1. The molecular formula is C22H21BrClF2NO. The molecule has 0 aliphatic carbocycles. The second-order valence-electron chi connectivity index (χ2n) is 6.19. The van der Waals surface area contributed by atoms with E-state index in [9.17, 15) is 8.78 Å². The summed E-state index contributed by atoms with van der Waals surface area (Å²) in [5, 5.41) is 3.37. The molecule has 28 heavy (non-hydrogen) atoms. The first-order chi connectivity index (χ1) is 13.1. The molecule has 0 fully saturated rings. The van der Waals surface area contributed by atoms with Gasteiger partial charge >= 0.3 is 0 Å². The molecule has 0 bridgehead atoms. The van der Waals surface area contributed by atoms with Gasteiger partial charge in [-0.25, -0.2) is 8.78 Å². The van der Waals surface area contributed by atoms with Crippen molar-refractivity contribution in [1.82, 2.24) is 5.32 Å². The Labute approximate surface area is 178 Å². The first-order valence-corrected chi connectivity index (χ1v) is 9.51. The van der Waals surface area contributed by atoms with Gasteiger partial charge in [-0.15, -0.1) is 12.4 Å². The SMILES string of the molecule is Cl.Fc1ccc(CCNCc2cc(Br)ccc2OCc2ccccc2F)cc1. The molecule has 0 saturated heterocycles. The Morgan fingerprint density at radius 2 is 1.64 bits per heavy atom. The standard InChI is InChI=1S/C22H20BrF2NO.ClH/c23-19-7-10-22(27-15-17-3-1-2-4-21(17)25)18(13-19)14-26-12-11-16-5-8-20(24)9-6-16;/h1-10,13,26H,11-12,14-15H2;1H. The monoisotopic (exact) mass is 467 g/mol. The van der Waals surface area contributed by atoms with E-state index < -0.39 is 0 Å². The maximum absolute atomic E-state index is 13.8. The Kier molecular flexibility index (Phi) is 8.90. The molecule has 148 valence electrons. The molecule has 0 aliphatic heterocycles. The smallest absolute Gasteiger partial charge is 0.129 e. The van der Waals surface area contributed by atoms with Crippen molar-refractivity contribution in [3.8, 4) is 5.75 Å². The molecule has 3 aromatic carbocycles. The van der Waals surface area contributed by atoms with E-state index in [1.54, 1.807) is 30.3 Å². The fourth-order valence-electron chi connectivity index (χ4n) is 2.70. The van der Waals surface area contributed by atoms with E-state index in [-0.39, 0.29) is 30.6 Å². The minimum Gasteiger partial charge on any atom is -0.488 e. The Morgan fingerprint density at radius 3 is 2.39 bits per heavy atom. The van der Waals surface area contributed by atoms with Crippen LogP contribution in [0.1, 0.15) is 16.7 Å². The summed E-state index contributed by atoms with van der Waals surface area (Å²) in [5.74, 6) is 0.224. The van der Waals surface area contributed by atoms with Crippen LogP contribution in [0.5, 0.6) is 5.75 Å². The van der Waals surface area contributed by atoms with E-state index in [2.05, 4.69) is 21.2 Å². The zero-order valence-corrected chi connectivity index (χ0v) is 17.5. The molecule has 3 rings (SSSR count). The molecule has 1 N–H and O–H groups in total. The average molecular weight is 469 g/mol. The van der Waals surface area contributed by atoms with Crippen molar-refractivity contribution in [1.29, 1.82) is 0 Å². The molecule has 0 aliphatic rings. The third-order valence-electron chi connectivity index (χ3n) is 4.18. The number of ether oxygens (including phenoxy) is 1. The highest BCUT2D eigenvalue weighted by atomic mass is 79.9. The normalized spacial score (nSPS) is 10.4. The highest BCUT2D eigenvalue weighted by molar-refractivity contribution is 9.10. The van der Waals surface area contributed by atoms with Crippen LogP contribution >= 0.6 is 28.3 Å². The lowest BCUT2D eigenvalue weighted by Gasteiger charge is -2.13. The number of nitrogens with one attached hydrogen (secondary N) is 1. The van der Waals surface area contributed by atoms with Gasteiger partial charge in [-0.3, -0.25) is 0 Å². The third-order valence-corrected chi connectivity index (χ3v) is 4.68. The maximum Gasteiger partial charge on any atom is 0.129 e. The number of halogens is 4. The lowest BCUT2D eigenvalue weighted by Crippen LogP contribution is -2.17. The summed E-state index contributed by atoms with van der Waals surface area (Å²) in [6.07, 6.45) is 0.805. The highest BCUT2D eigenvalue weighted by Gasteiger charge is 2.07. The van der Waals surface area contributed by atoms with E-state index >= 15 is 0 Å². The molecule has 0 saturated carbocycles. The van der Waals surface area contributed by atoms with Gasteiger partial charge in [0.25, 0.3) is 0 Å². The van der Waals surface area contributed by atoms with Gasteiger partial charge in [-0.1, -0.05) is 46.3 Å². The predicted octanol–water partition coefficient (Wildman–Crippen LogP) is 6.06. The molecule has 0 radical (unpaired) electrons. The second-order valence-corrected chi connectivity index (χ2v) is 7.10. The van der Waals surface area contributed by atoms with Crippen molar-refractivity contribution in [3.05, 3.63) is 99.5 Å². The zero-order chi connectivity index (χ0) is 19.1. The zero-order valence-electron chi connectivity index (χ0n) is 15.1. The van der Waals surface area contributed by atoms with E-state index in [0.717, 1.165) is 34.3 Å². The average Bonchev–Trinajstić information content (AvgIpc) is 2.67. The second kappa shape index (κ2) is 11.1. The fourth-order valence-corrected chi connectivity index (χ4v) is 3.11. The lowest BCUT2D eigenvalue weighted by molar-refractivity contribution is 0.296. The van der Waals surface area contributed by atoms with Gasteiger partial charge in [0.2, 0.25) is 0 Å². The van der Waals surface area contributed by atoms with Crippen molar-refractivity contribution in [3.63, 3.8) is 0 Å². The summed E-state index contributed by atoms with van der Waals surface area (Å²) in [6.45, 7) is 1.55. The molecule has 0 spiro atoms. The summed E-state index contributed by atoms with van der Waals surface area (Å²) in [6, 6.07) is 18.9. The molecule has 0 heterocycles. The Morgan fingerprint density at radius 1 is 0.893 bits per heavy atom. The van der Waals surface area contributed by atoms with Crippen molar-refractivity contribution in [2.45, 2.75) is 19.6 Å². The van der Waals surface area contributed by atoms with Gasteiger partial charge in [-0.2, -0.15) is 0 Å². The molecule has 2 nitrogen and oxygen atoms in total. The van der Waals surface area contributed by atoms with Gasteiger partial charge in [-0.05, 0) is 54.9 Å². The molecule has 0 amide bonds. The van der Waals surface area contributed by atoms with Crippen LogP contribution in [0.2, 0.25) is 0 Å². The van der Waals surface area contributed by atoms with Crippen molar-refractivity contribution in [2.75, 3.05) is 6.54 Å². The minimum atomic E-state index is -0.270. The largest absolute Gasteiger partial charge is 0.488 e. The first-order valence-electron chi connectivity index (χ1n) is 8.71. The van der Waals surface area contributed by atoms with Crippen molar-refractivity contribution < 1.29 is 13.5 Å². The van der Waals surface area contributed by atoms with Gasteiger partial charge < -0.3 is 10.1 Å². The number of rotatable bonds is 8. The molecule has 3 aromatic rings. The quantitative estimate of drug-likeness (QED) is 0.406. The third kappa shape index (κ3) is 6.59. The van der Waals surface area contributed by atoms with Crippen LogP contribution in [-0.2, 0) is 19.6 Å². The van der Waals surface area contributed by atoms with Gasteiger partial charge in [0, 0.05) is 22.1 Å². The first kappa shape index (κ1) is 22.3. The summed E-state index contributed by atoms with van der Waals surface area (Å²) >= 11 is 3.48. The number of hydrogen-bond donors (Lipinski definition) is 1. The number of benzene rings is 3. The van der Waals surface area contributed by atoms with Gasteiger partial charge in [0.05, 0.1) is 0 Å². The van der Waals surface area contributed by atoms with Crippen LogP contribution in [0.3, 0.4) is 0 Å². The van der Waals surface area contributed by atoms with Crippen LogP contribution in [0.25, 0.3) is 0 Å². The van der Waals surface area contributed by atoms with E-state index in [1.165, 1.54) is 18.2 Å². The van der Waals surface area contributed by atoms with Gasteiger partial charge in [0.15, 0.2) is 0 Å². The highest BCUT2D eigenvalue weighted by Crippen LogP contribution is 2.24. The molecule has 0 aromatic heterocycles. The Hall–Kier alpha value is -1.95.